The first-order valence-corrected chi connectivity index (χ1v) is 7.59. The van der Waals surface area contributed by atoms with Gasteiger partial charge in [0.15, 0.2) is 5.82 Å². The average molecular weight is 334 g/mol. The topological polar surface area (TPSA) is 59.8 Å². The quantitative estimate of drug-likeness (QED) is 0.798. The molecule has 2 aromatic heterocycles. The summed E-state index contributed by atoms with van der Waals surface area (Å²) >= 11 is 1.48. The van der Waals surface area contributed by atoms with E-state index in [0.29, 0.717) is 5.82 Å². The summed E-state index contributed by atoms with van der Waals surface area (Å²) in [5.41, 5.74) is -0.0110. The number of nitrogens with zero attached hydrogens (tertiary/aromatic N) is 3. The third kappa shape index (κ3) is 3.42. The van der Waals surface area contributed by atoms with E-state index in [4.69, 9.17) is 0 Å². The number of benzene rings is 1. The van der Waals surface area contributed by atoms with Gasteiger partial charge in [-0.3, -0.25) is 10.1 Å². The molecule has 0 spiro atoms. The number of hydrogen-bond donors (Lipinski definition) is 1. The zero-order valence-corrected chi connectivity index (χ0v) is 12.9. The molecule has 8 heteroatoms. The predicted molar refractivity (Wildman–Crippen MR) is 83.0 cm³/mol. The maximum Gasteiger partial charge on any atom is 0.231 e. The monoisotopic (exact) mass is 334 g/mol. The van der Waals surface area contributed by atoms with Crippen LogP contribution in [0.25, 0.3) is 10.7 Å². The van der Waals surface area contributed by atoms with Crippen LogP contribution in [0.1, 0.15) is 5.56 Å². The van der Waals surface area contributed by atoms with Crippen LogP contribution in [0, 0.1) is 11.6 Å². The summed E-state index contributed by atoms with van der Waals surface area (Å²) in [7, 11) is 1.64. The average Bonchev–Trinajstić information content (AvgIpc) is 3.13. The first-order chi connectivity index (χ1) is 11.0. The lowest BCUT2D eigenvalue weighted by molar-refractivity contribution is -0.115. The van der Waals surface area contributed by atoms with E-state index >= 15 is 0 Å². The third-order valence-corrected chi connectivity index (χ3v) is 3.98. The Bertz CT molecular complexity index is 845. The Morgan fingerprint density at radius 1 is 1.35 bits per heavy atom. The van der Waals surface area contributed by atoms with E-state index in [2.05, 4.69) is 15.4 Å². The summed E-state index contributed by atoms with van der Waals surface area (Å²) < 4.78 is 28.1. The van der Waals surface area contributed by atoms with Crippen molar-refractivity contribution in [2.24, 2.45) is 7.05 Å². The fraction of sp³-hybridized carbons (Fsp3) is 0.133. The number of carbonyl (C=O) groups is 1. The van der Waals surface area contributed by atoms with Crippen LogP contribution in [0.5, 0.6) is 0 Å². The van der Waals surface area contributed by atoms with Gasteiger partial charge in [-0.05, 0) is 29.6 Å². The molecule has 0 aliphatic carbocycles. The molecule has 0 fully saturated rings. The van der Waals surface area contributed by atoms with Crippen molar-refractivity contribution in [2.45, 2.75) is 6.42 Å². The van der Waals surface area contributed by atoms with E-state index in [9.17, 15) is 13.6 Å². The molecule has 2 heterocycles. The Hall–Kier alpha value is -2.61. The Morgan fingerprint density at radius 3 is 2.91 bits per heavy atom. The fourth-order valence-corrected chi connectivity index (χ4v) is 2.68. The lowest BCUT2D eigenvalue weighted by Gasteiger charge is -2.05. The number of amides is 1. The number of aromatic nitrogens is 3. The largest absolute Gasteiger partial charge is 0.294 e. The van der Waals surface area contributed by atoms with Crippen LogP contribution in [0.15, 0.2) is 35.7 Å². The number of nitrogens with one attached hydrogen (secondary N) is 1. The maximum atomic E-state index is 13.6. The number of carbonyl (C=O) groups excluding carboxylic acids is 1. The summed E-state index contributed by atoms with van der Waals surface area (Å²) in [6, 6.07) is 6.75. The van der Waals surface area contributed by atoms with E-state index in [1.807, 2.05) is 17.5 Å². The van der Waals surface area contributed by atoms with Crippen molar-refractivity contribution in [3.63, 3.8) is 0 Å². The van der Waals surface area contributed by atoms with Crippen molar-refractivity contribution in [1.82, 2.24) is 14.8 Å². The van der Waals surface area contributed by atoms with Crippen LogP contribution in [0.3, 0.4) is 0 Å². The van der Waals surface area contributed by atoms with Gasteiger partial charge in [0.25, 0.3) is 0 Å². The van der Waals surface area contributed by atoms with Gasteiger partial charge in [-0.1, -0.05) is 6.07 Å². The highest BCUT2D eigenvalue weighted by atomic mass is 32.1. The van der Waals surface area contributed by atoms with Gasteiger partial charge in [-0.15, -0.1) is 16.4 Å². The van der Waals surface area contributed by atoms with E-state index in [1.165, 1.54) is 16.0 Å². The van der Waals surface area contributed by atoms with Crippen LogP contribution in [-0.4, -0.2) is 20.7 Å². The molecule has 3 aromatic rings. The van der Waals surface area contributed by atoms with Gasteiger partial charge in [0.2, 0.25) is 11.9 Å². The second-order valence-electron chi connectivity index (χ2n) is 4.82. The normalized spacial score (nSPS) is 10.7. The Kier molecular flexibility index (Phi) is 4.16. The maximum absolute atomic E-state index is 13.6. The van der Waals surface area contributed by atoms with Crippen molar-refractivity contribution in [3.05, 3.63) is 52.9 Å². The molecule has 0 aliphatic heterocycles. The van der Waals surface area contributed by atoms with Crippen molar-refractivity contribution in [1.29, 1.82) is 0 Å². The molecular weight excluding hydrogens is 322 g/mol. The van der Waals surface area contributed by atoms with E-state index in [0.717, 1.165) is 23.1 Å². The van der Waals surface area contributed by atoms with Crippen molar-refractivity contribution >= 4 is 23.2 Å². The Balaban J connectivity index is 1.74. The summed E-state index contributed by atoms with van der Waals surface area (Å²) in [6.45, 7) is 0. The molecule has 23 heavy (non-hydrogen) atoms. The first-order valence-electron chi connectivity index (χ1n) is 6.71. The predicted octanol–water partition coefficient (Wildman–Crippen LogP) is 3.00. The molecule has 0 radical (unpaired) electrons. The van der Waals surface area contributed by atoms with Crippen LogP contribution in [-0.2, 0) is 18.3 Å². The Labute approximate surface area is 134 Å². The lowest BCUT2D eigenvalue weighted by atomic mass is 10.1. The number of thiophene rings is 1. The van der Waals surface area contributed by atoms with Gasteiger partial charge in [-0.2, -0.15) is 4.98 Å². The number of anilines is 1. The van der Waals surface area contributed by atoms with Gasteiger partial charge < -0.3 is 0 Å². The molecule has 0 saturated carbocycles. The molecule has 0 aliphatic rings. The highest BCUT2D eigenvalue weighted by molar-refractivity contribution is 7.13. The summed E-state index contributed by atoms with van der Waals surface area (Å²) in [5, 5.41) is 8.67. The molecule has 0 atom stereocenters. The van der Waals surface area contributed by atoms with Crippen LogP contribution < -0.4 is 5.32 Å². The molecule has 0 saturated heterocycles. The first kappa shape index (κ1) is 15.3. The van der Waals surface area contributed by atoms with Gasteiger partial charge in [0.05, 0.1) is 11.3 Å². The molecule has 0 unspecified atom stereocenters. The van der Waals surface area contributed by atoms with Gasteiger partial charge in [-0.25, -0.2) is 13.5 Å². The molecule has 0 bridgehead atoms. The van der Waals surface area contributed by atoms with Crippen LogP contribution >= 0.6 is 11.3 Å². The molecule has 5 nitrogen and oxygen atoms in total. The van der Waals surface area contributed by atoms with E-state index < -0.39 is 17.5 Å². The Morgan fingerprint density at radius 2 is 2.17 bits per heavy atom. The molecule has 1 N–H and O–H groups in total. The smallest absolute Gasteiger partial charge is 0.231 e. The lowest BCUT2D eigenvalue weighted by Crippen LogP contribution is -2.18. The van der Waals surface area contributed by atoms with Gasteiger partial charge >= 0.3 is 0 Å². The number of rotatable bonds is 4. The minimum absolute atomic E-state index is 0.0110. The highest BCUT2D eigenvalue weighted by Gasteiger charge is 2.14. The third-order valence-electron chi connectivity index (χ3n) is 3.11. The highest BCUT2D eigenvalue weighted by Crippen LogP contribution is 2.22. The zero-order valence-electron chi connectivity index (χ0n) is 12.1. The van der Waals surface area contributed by atoms with Crippen LogP contribution in [0.2, 0.25) is 0 Å². The molecule has 118 valence electrons. The summed E-state index contributed by atoms with van der Waals surface area (Å²) in [4.78, 5) is 17.1. The minimum Gasteiger partial charge on any atom is -0.294 e. The number of halogens is 2. The van der Waals surface area contributed by atoms with Gasteiger partial charge in [0.1, 0.15) is 11.6 Å². The van der Waals surface area contributed by atoms with E-state index in [-0.39, 0.29) is 17.9 Å². The van der Waals surface area contributed by atoms with Crippen molar-refractivity contribution < 1.29 is 13.6 Å². The number of hydrogen-bond acceptors (Lipinski definition) is 4. The molecule has 3 rings (SSSR count). The van der Waals surface area contributed by atoms with Crippen molar-refractivity contribution in [3.8, 4) is 10.7 Å². The molecule has 1 amide bonds. The zero-order chi connectivity index (χ0) is 16.4. The number of aryl methyl sites for hydroxylation is 1. The SMILES string of the molecule is Cn1nc(-c2cccs2)nc1NC(=O)Cc1cc(F)ccc1F. The molecular formula is C15H12F2N4OS. The second kappa shape index (κ2) is 6.25. The molecule has 1 aromatic carbocycles. The minimum atomic E-state index is -0.626. The van der Waals surface area contributed by atoms with E-state index in [1.54, 1.807) is 7.05 Å². The van der Waals surface area contributed by atoms with Gasteiger partial charge in [0, 0.05) is 12.6 Å². The van der Waals surface area contributed by atoms with Crippen LogP contribution in [0.4, 0.5) is 14.7 Å². The summed E-state index contributed by atoms with van der Waals surface area (Å²) in [5.74, 6) is -0.973. The summed E-state index contributed by atoms with van der Waals surface area (Å²) in [6.07, 6.45) is -0.287. The second-order valence-corrected chi connectivity index (χ2v) is 5.77. The fourth-order valence-electron chi connectivity index (χ4n) is 2.02. The standard InChI is InChI=1S/C15H12F2N4OS/c1-21-15(19-14(20-21)12-3-2-6-23-12)18-13(22)8-9-7-10(16)4-5-11(9)17/h2-7H,8H2,1H3,(H,18,19,20,22). The van der Waals surface area contributed by atoms with Crippen molar-refractivity contribution in [2.75, 3.05) is 5.32 Å².